The number of rotatable bonds is 3. The minimum absolute atomic E-state index is 0.452. The van der Waals surface area contributed by atoms with Crippen LogP contribution < -0.4 is 9.88 Å². The molecule has 1 rings (SSSR count). The molecule has 19 heavy (non-hydrogen) atoms. The summed E-state index contributed by atoms with van der Waals surface area (Å²) in [4.78, 5) is 11.4. The molecule has 0 fully saturated rings. The highest BCUT2D eigenvalue weighted by atomic mass is 32.2. The number of nitro groups is 1. The molecule has 0 aliphatic heterocycles. The van der Waals surface area contributed by atoms with Crippen LogP contribution in [0.5, 0.6) is 5.88 Å². The number of alkyl halides is 3. The second-order valence-corrected chi connectivity index (χ2v) is 4.79. The van der Waals surface area contributed by atoms with Crippen molar-refractivity contribution < 1.29 is 31.2 Å². The molecule has 1 aromatic rings. The van der Waals surface area contributed by atoms with Crippen molar-refractivity contribution in [1.29, 1.82) is 0 Å². The molecule has 0 amide bonds. The number of ether oxygens (including phenoxy) is 1. The summed E-state index contributed by atoms with van der Waals surface area (Å²) in [6, 6.07) is 0.452. The maximum atomic E-state index is 12.1. The molecule has 1 aromatic heterocycles. The number of halogens is 3. The van der Waals surface area contributed by atoms with Gasteiger partial charge in [-0.3, -0.25) is 0 Å². The largest absolute Gasteiger partial charge is 0.575 e. The average Bonchev–Trinajstić information content (AvgIpc) is 2.16. The first-order valence-electron chi connectivity index (χ1n) is 4.36. The number of hydrogen-bond acceptors (Lipinski definition) is 6. The Hall–Kier alpha value is -1.95. The summed E-state index contributed by atoms with van der Waals surface area (Å²) in [6.45, 7) is 0.928. The Morgan fingerprint density at radius 3 is 2.37 bits per heavy atom. The van der Waals surface area contributed by atoms with Gasteiger partial charge in [-0.25, -0.2) is 13.6 Å². The Labute approximate surface area is 104 Å². The van der Waals surface area contributed by atoms with E-state index in [0.717, 1.165) is 6.92 Å². The van der Waals surface area contributed by atoms with Crippen LogP contribution >= 0.6 is 0 Å². The highest BCUT2D eigenvalue weighted by Gasteiger charge is 2.36. The van der Waals surface area contributed by atoms with Crippen molar-refractivity contribution in [1.82, 2.24) is 4.98 Å². The maximum Gasteiger partial charge on any atom is 0.575 e. The Morgan fingerprint density at radius 1 is 1.47 bits per heavy atom. The summed E-state index contributed by atoms with van der Waals surface area (Å²) in [5.41, 5.74) is -0.578. The molecule has 0 radical (unpaired) electrons. The van der Waals surface area contributed by atoms with Gasteiger partial charge in [0.2, 0.25) is 10.0 Å². The van der Waals surface area contributed by atoms with Crippen molar-refractivity contribution >= 4 is 15.8 Å². The van der Waals surface area contributed by atoms with Gasteiger partial charge < -0.3 is 14.9 Å². The molecule has 12 heteroatoms. The molecule has 0 spiro atoms. The molecule has 1 heterocycles. The lowest BCUT2D eigenvalue weighted by atomic mass is 10.3. The van der Waals surface area contributed by atoms with Crippen LogP contribution in [0, 0.1) is 17.0 Å². The number of primary sulfonamides is 1. The average molecular weight is 301 g/mol. The second kappa shape index (κ2) is 4.62. The first-order valence-corrected chi connectivity index (χ1v) is 5.91. The normalized spacial score (nSPS) is 12.3. The van der Waals surface area contributed by atoms with Gasteiger partial charge in [-0.2, -0.15) is 0 Å². The number of hydrogen-bond donors (Lipinski definition) is 1. The SMILES string of the molecule is Cc1c(S(N)(=O)=O)cc([N+](=O)[O-])nc1OC(F)(F)F. The number of aromatic nitrogens is 1. The fourth-order valence-electron chi connectivity index (χ4n) is 1.15. The first kappa shape index (κ1) is 15.1. The van der Waals surface area contributed by atoms with Crippen molar-refractivity contribution in [2.45, 2.75) is 18.2 Å². The first-order chi connectivity index (χ1) is 8.42. The van der Waals surface area contributed by atoms with Crippen LogP contribution in [0.3, 0.4) is 0 Å². The molecule has 0 saturated carbocycles. The lowest BCUT2D eigenvalue weighted by molar-refractivity contribution is -0.390. The molecular weight excluding hydrogens is 295 g/mol. The zero-order chi connectivity index (χ0) is 15.0. The number of pyridine rings is 1. The fourth-order valence-corrected chi connectivity index (χ4v) is 1.93. The molecule has 0 atom stereocenters. The van der Waals surface area contributed by atoms with E-state index in [-0.39, 0.29) is 0 Å². The quantitative estimate of drug-likeness (QED) is 0.651. The Kier molecular flexibility index (Phi) is 3.67. The Morgan fingerprint density at radius 2 is 2.00 bits per heavy atom. The van der Waals surface area contributed by atoms with E-state index in [4.69, 9.17) is 5.14 Å². The van der Waals surface area contributed by atoms with Crippen LogP contribution in [-0.2, 0) is 10.0 Å². The molecule has 0 aliphatic rings. The van der Waals surface area contributed by atoms with E-state index >= 15 is 0 Å². The third-order valence-electron chi connectivity index (χ3n) is 1.87. The van der Waals surface area contributed by atoms with Crippen LogP contribution in [0.1, 0.15) is 5.56 Å². The summed E-state index contributed by atoms with van der Waals surface area (Å²) < 4.78 is 61.9. The molecule has 0 unspecified atom stereocenters. The van der Waals surface area contributed by atoms with Gasteiger partial charge in [-0.15, -0.1) is 13.2 Å². The van der Waals surface area contributed by atoms with E-state index < -0.39 is 43.5 Å². The van der Waals surface area contributed by atoms with E-state index in [1.165, 1.54) is 0 Å². The van der Waals surface area contributed by atoms with Crippen LogP contribution in [0.4, 0.5) is 19.0 Å². The Bertz CT molecular complexity index is 628. The van der Waals surface area contributed by atoms with Gasteiger partial charge in [-0.1, -0.05) is 0 Å². The van der Waals surface area contributed by atoms with Crippen LogP contribution in [0.25, 0.3) is 0 Å². The van der Waals surface area contributed by atoms with E-state index in [1.54, 1.807) is 0 Å². The molecule has 0 bridgehead atoms. The van der Waals surface area contributed by atoms with Gasteiger partial charge in [0.15, 0.2) is 0 Å². The van der Waals surface area contributed by atoms with E-state index in [0.29, 0.717) is 6.07 Å². The molecule has 0 aromatic carbocycles. The molecule has 0 aliphatic carbocycles. The monoisotopic (exact) mass is 301 g/mol. The summed E-state index contributed by atoms with van der Waals surface area (Å²) in [5.74, 6) is -2.38. The van der Waals surface area contributed by atoms with Crippen molar-refractivity contribution in [3.8, 4) is 5.88 Å². The number of nitrogens with two attached hydrogens (primary N) is 1. The van der Waals surface area contributed by atoms with Gasteiger partial charge in [0.05, 0.1) is 11.6 Å². The summed E-state index contributed by atoms with van der Waals surface area (Å²) in [5, 5.41) is 15.2. The molecule has 2 N–H and O–H groups in total. The highest BCUT2D eigenvalue weighted by molar-refractivity contribution is 7.89. The molecule has 8 nitrogen and oxygen atoms in total. The van der Waals surface area contributed by atoms with Crippen molar-refractivity contribution in [2.75, 3.05) is 0 Å². The fraction of sp³-hybridized carbons (Fsp3) is 0.286. The number of sulfonamides is 1. The van der Waals surface area contributed by atoms with Gasteiger partial charge in [0, 0.05) is 4.98 Å². The Balaban J connectivity index is 3.55. The number of nitrogens with zero attached hydrogens (tertiary/aromatic N) is 2. The van der Waals surface area contributed by atoms with E-state index in [9.17, 15) is 31.7 Å². The second-order valence-electron chi connectivity index (χ2n) is 3.26. The molecule has 106 valence electrons. The van der Waals surface area contributed by atoms with Crippen molar-refractivity contribution in [2.24, 2.45) is 5.14 Å². The highest BCUT2D eigenvalue weighted by Crippen LogP contribution is 2.30. The van der Waals surface area contributed by atoms with Crippen LogP contribution in [0.2, 0.25) is 0 Å². The van der Waals surface area contributed by atoms with Gasteiger partial charge in [0.25, 0.3) is 0 Å². The molecular formula is C7H6F3N3O5S. The van der Waals surface area contributed by atoms with Gasteiger partial charge >= 0.3 is 18.1 Å². The van der Waals surface area contributed by atoms with Crippen molar-refractivity contribution in [3.05, 3.63) is 21.7 Å². The predicted octanol–water partition coefficient (Wildman–Crippen LogP) is 0.844. The minimum atomic E-state index is -5.18. The summed E-state index contributed by atoms with van der Waals surface area (Å²) in [6.07, 6.45) is -5.18. The standard InChI is InChI=1S/C7H6F3N3O5S/c1-3-4(19(11,16)17)2-5(13(14)15)12-6(3)18-7(8,9)10/h2H,1H3,(H2,11,16,17). The lowest BCUT2D eigenvalue weighted by Gasteiger charge is -2.09. The van der Waals surface area contributed by atoms with E-state index in [1.807, 2.05) is 0 Å². The zero-order valence-corrected chi connectivity index (χ0v) is 9.95. The third-order valence-corrected chi connectivity index (χ3v) is 2.91. The van der Waals surface area contributed by atoms with Gasteiger partial charge in [0.1, 0.15) is 4.90 Å². The van der Waals surface area contributed by atoms with Crippen LogP contribution in [0.15, 0.2) is 11.0 Å². The predicted molar refractivity (Wildman–Crippen MR) is 53.7 cm³/mol. The van der Waals surface area contributed by atoms with Crippen molar-refractivity contribution in [3.63, 3.8) is 0 Å². The third kappa shape index (κ3) is 3.75. The van der Waals surface area contributed by atoms with Gasteiger partial charge in [-0.05, 0) is 11.8 Å². The lowest BCUT2D eigenvalue weighted by Crippen LogP contribution is -2.21. The van der Waals surface area contributed by atoms with Crippen LogP contribution in [-0.4, -0.2) is 24.7 Å². The smallest absolute Gasteiger partial charge is 0.366 e. The minimum Gasteiger partial charge on any atom is -0.366 e. The molecule has 0 saturated heterocycles. The van der Waals surface area contributed by atoms with E-state index in [2.05, 4.69) is 9.72 Å². The zero-order valence-electron chi connectivity index (χ0n) is 9.13. The summed E-state index contributed by atoms with van der Waals surface area (Å²) >= 11 is 0. The summed E-state index contributed by atoms with van der Waals surface area (Å²) in [7, 11) is -4.46. The topological polar surface area (TPSA) is 125 Å². The maximum absolute atomic E-state index is 12.1.